The van der Waals surface area contributed by atoms with E-state index in [0.29, 0.717) is 6.42 Å². The Labute approximate surface area is 216 Å². The molecule has 0 radical (unpaired) electrons. The monoisotopic (exact) mass is 510 g/mol. The fraction of sp³-hybridized carbons (Fsp3) is 0.966. The molecule has 0 unspecified atom stereocenters. The summed E-state index contributed by atoms with van der Waals surface area (Å²) in [7, 11) is -1.87. The van der Waals surface area contributed by atoms with Crippen LogP contribution in [0.1, 0.15) is 124 Å². The van der Waals surface area contributed by atoms with Crippen LogP contribution < -0.4 is 0 Å². The maximum Gasteiger partial charge on any atom is 0.306 e. The lowest BCUT2D eigenvalue weighted by Gasteiger charge is -2.41. The van der Waals surface area contributed by atoms with Gasteiger partial charge in [-0.05, 0) is 56.7 Å². The summed E-state index contributed by atoms with van der Waals surface area (Å²) in [6.45, 7) is 14.0. The van der Waals surface area contributed by atoms with Crippen LogP contribution in [0.2, 0.25) is 18.1 Å². The predicted octanol–water partition coefficient (Wildman–Crippen LogP) is 7.71. The van der Waals surface area contributed by atoms with Gasteiger partial charge in [0.25, 0.3) is 0 Å². The number of hydrogen-bond acceptors (Lipinski definition) is 5. The minimum absolute atomic E-state index is 0.0469. The van der Waals surface area contributed by atoms with Crippen LogP contribution in [0.5, 0.6) is 0 Å². The third-order valence-corrected chi connectivity index (χ3v) is 13.4. The van der Waals surface area contributed by atoms with Gasteiger partial charge in [-0.1, -0.05) is 79.1 Å². The highest BCUT2D eigenvalue weighted by atomic mass is 28.4. The van der Waals surface area contributed by atoms with Gasteiger partial charge in [-0.15, -0.1) is 0 Å². The summed E-state index contributed by atoms with van der Waals surface area (Å²) < 4.78 is 25.5. The summed E-state index contributed by atoms with van der Waals surface area (Å²) in [5.74, 6) is -0.0780. The van der Waals surface area contributed by atoms with Gasteiger partial charge in [-0.2, -0.15) is 0 Å². The molecule has 5 nitrogen and oxygen atoms in total. The topological polar surface area (TPSA) is 54.0 Å². The van der Waals surface area contributed by atoms with Gasteiger partial charge in [0.05, 0.1) is 30.5 Å². The molecule has 3 fully saturated rings. The Morgan fingerprint density at radius 2 is 1.40 bits per heavy atom. The van der Waals surface area contributed by atoms with Crippen molar-refractivity contribution in [2.24, 2.45) is 0 Å². The van der Waals surface area contributed by atoms with Crippen LogP contribution in [0, 0.1) is 0 Å². The van der Waals surface area contributed by atoms with Crippen molar-refractivity contribution in [2.45, 2.75) is 179 Å². The molecular weight excluding hydrogens is 456 g/mol. The van der Waals surface area contributed by atoms with Crippen molar-refractivity contribution >= 4 is 14.3 Å². The van der Waals surface area contributed by atoms with Crippen LogP contribution in [0.25, 0.3) is 0 Å². The van der Waals surface area contributed by atoms with Gasteiger partial charge in [-0.3, -0.25) is 4.79 Å². The normalized spacial score (nSPS) is 30.7. The highest BCUT2D eigenvalue weighted by Crippen LogP contribution is 2.41. The Kier molecular flexibility index (Phi) is 11.1. The van der Waals surface area contributed by atoms with Crippen LogP contribution in [-0.4, -0.2) is 50.9 Å². The van der Waals surface area contributed by atoms with Crippen molar-refractivity contribution in [1.82, 2.24) is 0 Å². The quantitative estimate of drug-likeness (QED) is 0.136. The molecule has 0 aromatic heterocycles. The number of rotatable bonds is 14. The van der Waals surface area contributed by atoms with E-state index in [4.69, 9.17) is 18.6 Å². The van der Waals surface area contributed by atoms with E-state index in [-0.39, 0.29) is 47.6 Å². The lowest BCUT2D eigenvalue weighted by atomic mass is 10.0. The Morgan fingerprint density at radius 1 is 0.829 bits per heavy atom. The lowest BCUT2D eigenvalue weighted by Crippen LogP contribution is -2.47. The SMILES string of the molecule is CCCCCCCCCC[C@H](O[Si](C)(C)C(C)(C)C)[C@@H]1CC[C@@H]([C@H]2CC[C@H]([C@H]3CCC(=O)O3)O2)O1. The van der Waals surface area contributed by atoms with E-state index in [1.165, 1.54) is 51.4 Å². The summed E-state index contributed by atoms with van der Waals surface area (Å²) in [5.41, 5.74) is 0. The Bertz CT molecular complexity index is 645. The first-order chi connectivity index (χ1) is 16.6. The molecule has 3 rings (SSSR count). The molecule has 3 aliphatic heterocycles. The molecule has 3 saturated heterocycles. The number of ether oxygens (including phenoxy) is 3. The molecule has 0 amide bonds. The molecule has 0 aromatic rings. The van der Waals surface area contributed by atoms with Gasteiger partial charge >= 0.3 is 5.97 Å². The van der Waals surface area contributed by atoms with E-state index in [1.807, 2.05) is 0 Å². The molecule has 204 valence electrons. The van der Waals surface area contributed by atoms with Crippen LogP contribution in [0.3, 0.4) is 0 Å². The standard InChI is InChI=1S/C29H54O5Si/c1-7-8-9-10-11-12-13-14-15-27(34-35(5,6)29(2,3)4)26-19-18-23(32-26)22-16-17-24(31-22)25-20-21-28(30)33-25/h22-27H,7-21H2,1-6H3/t22-,23+,24-,25-,26+,27+/m1/s1. The van der Waals surface area contributed by atoms with Gasteiger partial charge in [0, 0.05) is 6.42 Å². The average molecular weight is 511 g/mol. The van der Waals surface area contributed by atoms with Crippen molar-refractivity contribution in [3.05, 3.63) is 0 Å². The largest absolute Gasteiger partial charge is 0.460 e. The zero-order chi connectivity index (χ0) is 25.5. The zero-order valence-electron chi connectivity index (χ0n) is 23.6. The molecule has 0 bridgehead atoms. The van der Waals surface area contributed by atoms with E-state index in [1.54, 1.807) is 0 Å². The van der Waals surface area contributed by atoms with Crippen molar-refractivity contribution in [1.29, 1.82) is 0 Å². The Morgan fingerprint density at radius 3 is 2.00 bits per heavy atom. The summed E-state index contributed by atoms with van der Waals surface area (Å²) in [6, 6.07) is 0. The van der Waals surface area contributed by atoms with Crippen molar-refractivity contribution in [3.8, 4) is 0 Å². The first-order valence-corrected chi connectivity index (χ1v) is 17.7. The van der Waals surface area contributed by atoms with E-state index < -0.39 is 8.32 Å². The van der Waals surface area contributed by atoms with E-state index in [2.05, 4.69) is 40.8 Å². The van der Waals surface area contributed by atoms with Gasteiger partial charge in [0.2, 0.25) is 0 Å². The molecule has 0 spiro atoms. The smallest absolute Gasteiger partial charge is 0.306 e. The highest BCUT2D eigenvalue weighted by molar-refractivity contribution is 6.74. The van der Waals surface area contributed by atoms with E-state index in [9.17, 15) is 4.79 Å². The number of cyclic esters (lactones) is 1. The van der Waals surface area contributed by atoms with Crippen molar-refractivity contribution < 1.29 is 23.4 Å². The van der Waals surface area contributed by atoms with Gasteiger partial charge in [-0.25, -0.2) is 0 Å². The molecule has 6 atom stereocenters. The number of carbonyl (C=O) groups is 1. The first-order valence-electron chi connectivity index (χ1n) is 14.8. The van der Waals surface area contributed by atoms with Crippen LogP contribution in [0.15, 0.2) is 0 Å². The van der Waals surface area contributed by atoms with Crippen LogP contribution in [-0.2, 0) is 23.4 Å². The van der Waals surface area contributed by atoms with Crippen LogP contribution >= 0.6 is 0 Å². The third kappa shape index (κ3) is 8.54. The second kappa shape index (κ2) is 13.4. The van der Waals surface area contributed by atoms with Gasteiger partial charge in [0.15, 0.2) is 8.32 Å². The minimum atomic E-state index is -1.87. The highest BCUT2D eigenvalue weighted by Gasteiger charge is 2.46. The summed E-state index contributed by atoms with van der Waals surface area (Å²) in [5, 5.41) is 0.197. The molecule has 35 heavy (non-hydrogen) atoms. The number of hydrogen-bond donors (Lipinski definition) is 0. The molecule has 0 N–H and O–H groups in total. The van der Waals surface area contributed by atoms with Gasteiger partial charge in [0.1, 0.15) is 6.10 Å². The molecule has 0 saturated carbocycles. The molecule has 3 aliphatic rings. The zero-order valence-corrected chi connectivity index (χ0v) is 24.6. The predicted molar refractivity (Wildman–Crippen MR) is 144 cm³/mol. The lowest BCUT2D eigenvalue weighted by molar-refractivity contribution is -0.149. The molecule has 3 heterocycles. The van der Waals surface area contributed by atoms with Crippen molar-refractivity contribution in [2.75, 3.05) is 0 Å². The van der Waals surface area contributed by atoms with E-state index >= 15 is 0 Å². The number of unbranched alkanes of at least 4 members (excludes halogenated alkanes) is 7. The fourth-order valence-electron chi connectivity index (χ4n) is 5.64. The van der Waals surface area contributed by atoms with Gasteiger partial charge < -0.3 is 18.6 Å². The maximum absolute atomic E-state index is 11.5. The summed E-state index contributed by atoms with van der Waals surface area (Å²) in [4.78, 5) is 11.5. The number of carbonyl (C=O) groups excluding carboxylic acids is 1. The molecule has 0 aliphatic carbocycles. The second-order valence-electron chi connectivity index (χ2n) is 12.8. The summed E-state index contributed by atoms with van der Waals surface area (Å²) in [6.07, 6.45) is 17.8. The van der Waals surface area contributed by atoms with E-state index in [0.717, 1.165) is 38.5 Å². The average Bonchev–Trinajstić information content (AvgIpc) is 3.54. The maximum atomic E-state index is 11.5. The Balaban J connectivity index is 1.49. The number of esters is 1. The first kappa shape index (κ1) is 29.1. The molecular formula is C29H54O5Si. The molecule has 6 heteroatoms. The second-order valence-corrected chi connectivity index (χ2v) is 17.6. The van der Waals surface area contributed by atoms with Crippen LogP contribution in [0.4, 0.5) is 0 Å². The third-order valence-electron chi connectivity index (χ3n) is 8.92. The summed E-state index contributed by atoms with van der Waals surface area (Å²) >= 11 is 0. The minimum Gasteiger partial charge on any atom is -0.460 e. The molecule has 0 aromatic carbocycles. The fourth-order valence-corrected chi connectivity index (χ4v) is 7.02. The Hall–Kier alpha value is -0.433. The van der Waals surface area contributed by atoms with Crippen molar-refractivity contribution in [3.63, 3.8) is 0 Å².